The lowest BCUT2D eigenvalue weighted by Gasteiger charge is -2.28. The Kier molecular flexibility index (Phi) is 3.81. The number of fused-ring (bicyclic) bond motifs is 3. The fourth-order valence-electron chi connectivity index (χ4n) is 2.39. The molecule has 2 amide bonds. The number of quaternary nitrogens is 1. The first kappa shape index (κ1) is 14.9. The first-order valence-electron chi connectivity index (χ1n) is 6.68. The van der Waals surface area contributed by atoms with E-state index in [2.05, 4.69) is 12.1 Å². The van der Waals surface area contributed by atoms with Crippen molar-refractivity contribution in [3.8, 4) is 0 Å². The van der Waals surface area contributed by atoms with Gasteiger partial charge in [0.15, 0.2) is 0 Å². The molecule has 0 spiro atoms. The highest BCUT2D eigenvalue weighted by atomic mass is 32.1. The molecular weight excluding hydrogens is 304 g/mol. The molecule has 2 aromatic carbocycles. The lowest BCUT2D eigenvalue weighted by molar-refractivity contribution is -0.997. The number of thiophene rings is 1. The summed E-state index contributed by atoms with van der Waals surface area (Å²) in [5.74, 6) is 0. The second kappa shape index (κ2) is 5.64. The Morgan fingerprint density at radius 3 is 2.68 bits per heavy atom. The molecular formula is C15H14N2O4S. The Morgan fingerprint density at radius 1 is 1.18 bits per heavy atom. The smallest absolute Gasteiger partial charge is 0.472 e. The molecule has 0 saturated carbocycles. The van der Waals surface area contributed by atoms with Crippen LogP contribution in [0.1, 0.15) is 5.56 Å². The maximum absolute atomic E-state index is 11.5. The van der Waals surface area contributed by atoms with E-state index in [0.717, 1.165) is 21.1 Å². The van der Waals surface area contributed by atoms with Gasteiger partial charge in [-0.15, -0.1) is 16.1 Å². The molecule has 0 aliphatic heterocycles. The third-order valence-corrected chi connectivity index (χ3v) is 4.69. The number of urea groups is 1. The largest absolute Gasteiger partial charge is 0.589 e. The summed E-state index contributed by atoms with van der Waals surface area (Å²) in [5, 5.41) is 31.7. The van der Waals surface area contributed by atoms with Crippen LogP contribution in [-0.4, -0.2) is 27.8 Å². The van der Waals surface area contributed by atoms with Crippen molar-refractivity contribution in [3.05, 3.63) is 53.2 Å². The predicted molar refractivity (Wildman–Crippen MR) is 83.6 cm³/mol. The average Bonchev–Trinajstić information content (AvgIpc) is 2.89. The molecule has 7 heteroatoms. The fraction of sp³-hybridized carbons (Fsp3) is 0.133. The molecule has 0 bridgehead atoms. The van der Waals surface area contributed by atoms with Crippen molar-refractivity contribution in [1.29, 1.82) is 0 Å². The maximum atomic E-state index is 11.5. The van der Waals surface area contributed by atoms with E-state index in [4.69, 9.17) is 5.21 Å². The standard InChI is InChI=1S/C15H14N2O4S/c18-15(16-19)17(20,21)8-7-10-5-6-12-11-3-1-2-4-13(11)22-14(12)9-10/h1-6,9,19-20H,7-8H2,(H,16,18). The number of carbonyl (C=O) groups excluding carboxylic acids is 1. The van der Waals surface area contributed by atoms with Crippen molar-refractivity contribution in [3.63, 3.8) is 0 Å². The van der Waals surface area contributed by atoms with Crippen molar-refractivity contribution in [1.82, 2.24) is 5.48 Å². The van der Waals surface area contributed by atoms with Crippen molar-refractivity contribution in [2.45, 2.75) is 6.42 Å². The van der Waals surface area contributed by atoms with E-state index in [1.807, 2.05) is 30.3 Å². The summed E-state index contributed by atoms with van der Waals surface area (Å²) in [7, 11) is 0. The van der Waals surface area contributed by atoms with E-state index in [1.54, 1.807) is 11.3 Å². The van der Waals surface area contributed by atoms with Crippen molar-refractivity contribution >= 4 is 37.5 Å². The van der Waals surface area contributed by atoms with E-state index in [-0.39, 0.29) is 13.0 Å². The highest BCUT2D eigenvalue weighted by molar-refractivity contribution is 7.25. The third-order valence-electron chi connectivity index (χ3n) is 3.56. The topological polar surface area (TPSA) is 92.6 Å². The first-order valence-corrected chi connectivity index (χ1v) is 7.49. The van der Waals surface area contributed by atoms with Crippen LogP contribution in [0.15, 0.2) is 42.5 Å². The summed E-state index contributed by atoms with van der Waals surface area (Å²) in [6.45, 7) is -0.372. The van der Waals surface area contributed by atoms with Gasteiger partial charge in [-0.3, -0.25) is 5.21 Å². The molecule has 3 N–H and O–H groups in total. The Bertz CT molecular complexity index is 844. The first-order chi connectivity index (χ1) is 10.5. The summed E-state index contributed by atoms with van der Waals surface area (Å²) in [6.07, 6.45) is 0.220. The second-order valence-corrected chi connectivity index (χ2v) is 6.10. The zero-order valence-electron chi connectivity index (χ0n) is 11.5. The van der Waals surface area contributed by atoms with E-state index in [0.29, 0.717) is 0 Å². The number of hydrogen-bond acceptors (Lipinski definition) is 5. The van der Waals surface area contributed by atoms with Gasteiger partial charge in [-0.1, -0.05) is 30.3 Å². The van der Waals surface area contributed by atoms with Gasteiger partial charge in [0.05, 0.1) is 0 Å². The van der Waals surface area contributed by atoms with Crippen LogP contribution in [0.25, 0.3) is 20.2 Å². The summed E-state index contributed by atoms with van der Waals surface area (Å²) >= 11 is 1.65. The van der Waals surface area contributed by atoms with Crippen LogP contribution in [0.3, 0.4) is 0 Å². The maximum Gasteiger partial charge on any atom is 0.472 e. The molecule has 0 saturated heterocycles. The average molecular weight is 318 g/mol. The van der Waals surface area contributed by atoms with Crippen LogP contribution < -0.4 is 5.48 Å². The van der Waals surface area contributed by atoms with Gasteiger partial charge >= 0.3 is 6.03 Å². The monoisotopic (exact) mass is 318 g/mol. The highest BCUT2D eigenvalue weighted by Crippen LogP contribution is 2.34. The molecule has 0 radical (unpaired) electrons. The number of hydroxylamine groups is 5. The van der Waals surface area contributed by atoms with Gasteiger partial charge in [0, 0.05) is 26.6 Å². The number of carbonyl (C=O) groups is 1. The normalized spacial score (nSPS) is 14.1. The van der Waals surface area contributed by atoms with Crippen LogP contribution >= 0.6 is 11.3 Å². The van der Waals surface area contributed by atoms with E-state index in [1.165, 1.54) is 10.1 Å². The van der Waals surface area contributed by atoms with Crippen LogP contribution in [-0.2, 0) is 6.42 Å². The predicted octanol–water partition coefficient (Wildman–Crippen LogP) is 3.40. The van der Waals surface area contributed by atoms with Gasteiger partial charge < -0.3 is 5.21 Å². The lowest BCUT2D eigenvalue weighted by atomic mass is 10.1. The summed E-state index contributed by atoms with van der Waals surface area (Å²) in [6, 6.07) is 12.5. The number of rotatable bonds is 3. The van der Waals surface area contributed by atoms with Gasteiger partial charge in [0.25, 0.3) is 0 Å². The molecule has 0 aliphatic rings. The minimum Gasteiger partial charge on any atom is -0.589 e. The highest BCUT2D eigenvalue weighted by Gasteiger charge is 2.25. The molecule has 1 unspecified atom stereocenters. The Labute approximate surface area is 129 Å². The molecule has 22 heavy (non-hydrogen) atoms. The molecule has 3 rings (SSSR count). The van der Waals surface area contributed by atoms with Crippen molar-refractivity contribution < 1.29 is 20.0 Å². The number of hydrogen-bond donors (Lipinski definition) is 3. The van der Waals surface area contributed by atoms with Gasteiger partial charge in [0.2, 0.25) is 0 Å². The molecule has 114 valence electrons. The molecule has 1 atom stereocenters. The number of benzene rings is 2. The van der Waals surface area contributed by atoms with Crippen LogP contribution in [0.2, 0.25) is 0 Å². The Balaban J connectivity index is 1.86. The quantitative estimate of drug-likeness (QED) is 0.392. The van der Waals surface area contributed by atoms with Crippen LogP contribution in [0.4, 0.5) is 4.79 Å². The molecule has 3 aromatic rings. The molecule has 0 fully saturated rings. The van der Waals surface area contributed by atoms with Crippen LogP contribution in [0.5, 0.6) is 0 Å². The van der Waals surface area contributed by atoms with Crippen LogP contribution in [0, 0.1) is 5.21 Å². The minimum absolute atomic E-state index is 0.220. The molecule has 0 aliphatic carbocycles. The van der Waals surface area contributed by atoms with E-state index < -0.39 is 10.8 Å². The number of nitrogens with zero attached hydrogens (tertiary/aromatic N) is 1. The molecule has 1 aromatic heterocycles. The van der Waals surface area contributed by atoms with Gasteiger partial charge in [0.1, 0.15) is 6.54 Å². The number of nitrogens with one attached hydrogen (secondary N) is 1. The SMILES string of the molecule is O=C(NO)[N+]([O-])(O)CCc1ccc2c(c1)sc1ccccc12. The summed E-state index contributed by atoms with van der Waals surface area (Å²) in [4.78, 5) is 8.88. The molecule has 6 nitrogen and oxygen atoms in total. The number of amides is 2. The Hall–Kier alpha value is -2.03. The zero-order valence-corrected chi connectivity index (χ0v) is 12.3. The fourth-order valence-corrected chi connectivity index (χ4v) is 3.56. The summed E-state index contributed by atoms with van der Waals surface area (Å²) in [5.41, 5.74) is 2.01. The Morgan fingerprint density at radius 2 is 1.91 bits per heavy atom. The third kappa shape index (κ3) is 2.68. The molecule has 1 heterocycles. The minimum atomic E-state index is -2.15. The zero-order chi connectivity index (χ0) is 15.7. The van der Waals surface area contributed by atoms with Gasteiger partial charge in [-0.05, 0) is 17.7 Å². The van der Waals surface area contributed by atoms with Crippen molar-refractivity contribution in [2.75, 3.05) is 6.54 Å². The van der Waals surface area contributed by atoms with Crippen molar-refractivity contribution in [2.24, 2.45) is 0 Å². The summed E-state index contributed by atoms with van der Waals surface area (Å²) < 4.78 is 2.28. The lowest BCUT2D eigenvalue weighted by Crippen LogP contribution is -2.50. The van der Waals surface area contributed by atoms with E-state index >= 15 is 0 Å². The second-order valence-electron chi connectivity index (χ2n) is 5.02. The van der Waals surface area contributed by atoms with Gasteiger partial charge in [-0.25, -0.2) is 10.0 Å². The van der Waals surface area contributed by atoms with E-state index in [9.17, 15) is 15.2 Å². The van der Waals surface area contributed by atoms with Gasteiger partial charge in [-0.2, -0.15) is 5.48 Å².